The van der Waals surface area contributed by atoms with Crippen LogP contribution in [0.1, 0.15) is 31.3 Å². The summed E-state index contributed by atoms with van der Waals surface area (Å²) in [5.41, 5.74) is 0.671. The largest absolute Gasteiger partial charge is 0.480 e. The molecule has 0 aliphatic carbocycles. The molecule has 1 aromatic heterocycles. The second kappa shape index (κ2) is 7.30. The summed E-state index contributed by atoms with van der Waals surface area (Å²) in [6.07, 6.45) is 2.69. The normalized spacial score (nSPS) is 11.7. The molecular weight excluding hydrogens is 248 g/mol. The number of urea groups is 1. The van der Waals surface area contributed by atoms with Gasteiger partial charge in [0.25, 0.3) is 0 Å². The van der Waals surface area contributed by atoms with Gasteiger partial charge in [0.1, 0.15) is 11.9 Å². The lowest BCUT2D eigenvalue weighted by Gasteiger charge is -2.14. The number of hydrogen-bond acceptors (Lipinski definition) is 4. The SMILES string of the molecule is CCCC(NC(=O)NCc1ccnc(C)n1)C(=O)O. The Hall–Kier alpha value is -2.18. The third-order valence-corrected chi connectivity index (χ3v) is 2.44. The van der Waals surface area contributed by atoms with Gasteiger partial charge in [-0.3, -0.25) is 0 Å². The van der Waals surface area contributed by atoms with Crippen LogP contribution in [-0.2, 0) is 11.3 Å². The van der Waals surface area contributed by atoms with Crippen molar-refractivity contribution < 1.29 is 14.7 Å². The van der Waals surface area contributed by atoms with Crippen molar-refractivity contribution in [3.8, 4) is 0 Å². The minimum Gasteiger partial charge on any atom is -0.480 e. The number of carboxylic acids is 1. The lowest BCUT2D eigenvalue weighted by Crippen LogP contribution is -2.45. The van der Waals surface area contributed by atoms with Crippen molar-refractivity contribution in [2.75, 3.05) is 0 Å². The molecule has 1 rings (SSSR count). The molecular formula is C12H18N4O3. The van der Waals surface area contributed by atoms with E-state index in [1.54, 1.807) is 19.2 Å². The monoisotopic (exact) mass is 266 g/mol. The van der Waals surface area contributed by atoms with E-state index in [2.05, 4.69) is 20.6 Å². The highest BCUT2D eigenvalue weighted by Gasteiger charge is 2.18. The van der Waals surface area contributed by atoms with Gasteiger partial charge in [-0.25, -0.2) is 19.6 Å². The predicted octanol–water partition coefficient (Wildman–Crippen LogP) is 0.838. The number of amides is 2. The first-order valence-corrected chi connectivity index (χ1v) is 6.08. The van der Waals surface area contributed by atoms with Crippen molar-refractivity contribution in [3.05, 3.63) is 23.8 Å². The average Bonchev–Trinajstić information content (AvgIpc) is 2.36. The van der Waals surface area contributed by atoms with E-state index in [1.807, 2.05) is 6.92 Å². The lowest BCUT2D eigenvalue weighted by atomic mass is 10.2. The Kier molecular flexibility index (Phi) is 5.72. The molecule has 0 aliphatic heterocycles. The van der Waals surface area contributed by atoms with E-state index in [0.29, 0.717) is 24.4 Å². The number of carbonyl (C=O) groups is 2. The predicted molar refractivity (Wildman–Crippen MR) is 68.5 cm³/mol. The second-order valence-corrected chi connectivity index (χ2v) is 4.10. The summed E-state index contributed by atoms with van der Waals surface area (Å²) in [5.74, 6) is -0.413. The number of aryl methyl sites for hydroxylation is 1. The minimum absolute atomic E-state index is 0.230. The zero-order valence-electron chi connectivity index (χ0n) is 11.0. The van der Waals surface area contributed by atoms with E-state index >= 15 is 0 Å². The van der Waals surface area contributed by atoms with Crippen LogP contribution in [0.4, 0.5) is 4.79 Å². The minimum atomic E-state index is -1.03. The van der Waals surface area contributed by atoms with Gasteiger partial charge in [-0.2, -0.15) is 0 Å². The van der Waals surface area contributed by atoms with Crippen LogP contribution in [0.5, 0.6) is 0 Å². The maximum Gasteiger partial charge on any atom is 0.326 e. The van der Waals surface area contributed by atoms with Crippen LogP contribution >= 0.6 is 0 Å². The van der Waals surface area contributed by atoms with Gasteiger partial charge in [0, 0.05) is 6.20 Å². The summed E-state index contributed by atoms with van der Waals surface area (Å²) in [7, 11) is 0. The number of carbonyl (C=O) groups excluding carboxylic acids is 1. The van der Waals surface area contributed by atoms with Gasteiger partial charge in [0.05, 0.1) is 12.2 Å². The van der Waals surface area contributed by atoms with Gasteiger partial charge in [0.2, 0.25) is 0 Å². The zero-order valence-corrected chi connectivity index (χ0v) is 11.0. The number of hydrogen-bond donors (Lipinski definition) is 3. The van der Waals surface area contributed by atoms with Gasteiger partial charge in [-0.1, -0.05) is 13.3 Å². The highest BCUT2D eigenvalue weighted by Crippen LogP contribution is 1.97. The van der Waals surface area contributed by atoms with Crippen LogP contribution in [0.3, 0.4) is 0 Å². The van der Waals surface area contributed by atoms with Crippen LogP contribution < -0.4 is 10.6 Å². The maximum atomic E-state index is 11.6. The summed E-state index contributed by atoms with van der Waals surface area (Å²) in [4.78, 5) is 30.5. The molecule has 0 fully saturated rings. The molecule has 0 bridgehead atoms. The summed E-state index contributed by atoms with van der Waals surface area (Å²) in [6.45, 7) is 3.85. The third kappa shape index (κ3) is 5.33. The Morgan fingerprint density at radius 2 is 2.21 bits per heavy atom. The molecule has 0 aromatic carbocycles. The molecule has 104 valence electrons. The van der Waals surface area contributed by atoms with Crippen LogP contribution in [0.25, 0.3) is 0 Å². The fourth-order valence-corrected chi connectivity index (χ4v) is 1.53. The van der Waals surface area contributed by atoms with E-state index in [0.717, 1.165) is 0 Å². The first-order valence-electron chi connectivity index (χ1n) is 6.08. The summed E-state index contributed by atoms with van der Waals surface area (Å²) in [6, 6.07) is 0.308. The average molecular weight is 266 g/mol. The molecule has 1 aromatic rings. The fourth-order valence-electron chi connectivity index (χ4n) is 1.53. The molecule has 3 N–H and O–H groups in total. The van der Waals surface area contributed by atoms with Crippen LogP contribution in [0.2, 0.25) is 0 Å². The summed E-state index contributed by atoms with van der Waals surface area (Å²) >= 11 is 0. The van der Waals surface area contributed by atoms with Crippen LogP contribution in [0.15, 0.2) is 12.3 Å². The molecule has 0 spiro atoms. The quantitative estimate of drug-likeness (QED) is 0.707. The molecule has 0 aliphatic rings. The van der Waals surface area contributed by atoms with Gasteiger partial charge in [-0.15, -0.1) is 0 Å². The number of carboxylic acid groups (broad SMARTS) is 1. The molecule has 1 heterocycles. The van der Waals surface area contributed by atoms with Crippen molar-refractivity contribution in [2.24, 2.45) is 0 Å². The van der Waals surface area contributed by atoms with Crippen molar-refractivity contribution in [1.82, 2.24) is 20.6 Å². The smallest absolute Gasteiger partial charge is 0.326 e. The molecule has 1 atom stereocenters. The summed E-state index contributed by atoms with van der Waals surface area (Å²) < 4.78 is 0. The fraction of sp³-hybridized carbons (Fsp3) is 0.500. The van der Waals surface area contributed by atoms with E-state index in [1.165, 1.54) is 0 Å². The number of rotatable bonds is 6. The Morgan fingerprint density at radius 3 is 2.79 bits per heavy atom. The Balaban J connectivity index is 2.44. The molecule has 0 saturated carbocycles. The zero-order chi connectivity index (χ0) is 14.3. The van der Waals surface area contributed by atoms with Gasteiger partial charge < -0.3 is 15.7 Å². The van der Waals surface area contributed by atoms with Gasteiger partial charge >= 0.3 is 12.0 Å². The lowest BCUT2D eigenvalue weighted by molar-refractivity contribution is -0.139. The van der Waals surface area contributed by atoms with Crippen molar-refractivity contribution in [1.29, 1.82) is 0 Å². The number of nitrogens with zero attached hydrogens (tertiary/aromatic N) is 2. The van der Waals surface area contributed by atoms with Gasteiger partial charge in [0.15, 0.2) is 0 Å². The molecule has 19 heavy (non-hydrogen) atoms. The first-order chi connectivity index (χ1) is 9.02. The van der Waals surface area contributed by atoms with E-state index in [4.69, 9.17) is 5.11 Å². The highest BCUT2D eigenvalue weighted by molar-refractivity contribution is 5.82. The summed E-state index contributed by atoms with van der Waals surface area (Å²) in [5, 5.41) is 13.9. The van der Waals surface area contributed by atoms with Crippen LogP contribution in [0, 0.1) is 6.92 Å². The third-order valence-electron chi connectivity index (χ3n) is 2.44. The second-order valence-electron chi connectivity index (χ2n) is 4.10. The number of nitrogens with one attached hydrogen (secondary N) is 2. The Bertz CT molecular complexity index is 450. The van der Waals surface area contributed by atoms with Crippen molar-refractivity contribution >= 4 is 12.0 Å². The Morgan fingerprint density at radius 1 is 1.47 bits per heavy atom. The standard InChI is InChI=1S/C12H18N4O3/c1-3-4-10(11(17)18)16-12(19)14-7-9-5-6-13-8(2)15-9/h5-6,10H,3-4,7H2,1-2H3,(H,17,18)(H2,14,16,19). The van der Waals surface area contributed by atoms with Crippen molar-refractivity contribution in [2.45, 2.75) is 39.3 Å². The molecule has 1 unspecified atom stereocenters. The molecule has 7 heteroatoms. The van der Waals surface area contributed by atoms with Crippen molar-refractivity contribution in [3.63, 3.8) is 0 Å². The van der Waals surface area contributed by atoms with E-state index in [-0.39, 0.29) is 6.54 Å². The first kappa shape index (κ1) is 14.9. The van der Waals surface area contributed by atoms with Crippen LogP contribution in [-0.4, -0.2) is 33.1 Å². The maximum absolute atomic E-state index is 11.6. The number of aliphatic carboxylic acids is 1. The van der Waals surface area contributed by atoms with Gasteiger partial charge in [-0.05, 0) is 19.4 Å². The number of aromatic nitrogens is 2. The molecule has 2 amide bonds. The highest BCUT2D eigenvalue weighted by atomic mass is 16.4. The van der Waals surface area contributed by atoms with E-state index < -0.39 is 18.0 Å². The topological polar surface area (TPSA) is 104 Å². The Labute approximate surface area is 111 Å². The molecule has 0 radical (unpaired) electrons. The molecule has 0 saturated heterocycles. The molecule has 7 nitrogen and oxygen atoms in total. The van der Waals surface area contributed by atoms with E-state index in [9.17, 15) is 9.59 Å².